The van der Waals surface area contributed by atoms with E-state index < -0.39 is 0 Å². The number of hydrogen-bond donors (Lipinski definition) is 2. The summed E-state index contributed by atoms with van der Waals surface area (Å²) in [4.78, 5) is 13.9. The number of carbonyl (C=O) groups is 1. The molecule has 0 aliphatic carbocycles. The van der Waals surface area contributed by atoms with E-state index in [0.717, 1.165) is 13.0 Å². The molecule has 1 unspecified atom stereocenters. The first-order chi connectivity index (χ1) is 8.08. The van der Waals surface area contributed by atoms with Gasteiger partial charge in [0.15, 0.2) is 0 Å². The van der Waals surface area contributed by atoms with Gasteiger partial charge in [0, 0.05) is 13.2 Å². The SMILES string of the molecule is CCCCCN(C(C)C)C(COC)C(=O)NN. The number of hydrazine groups is 1. The molecular formula is C12H27N3O2. The molecule has 0 aromatic heterocycles. The molecule has 3 N–H and O–H groups in total. The molecule has 0 saturated heterocycles. The Morgan fingerprint density at radius 3 is 2.47 bits per heavy atom. The van der Waals surface area contributed by atoms with Crippen LogP contribution in [-0.4, -0.2) is 43.2 Å². The quantitative estimate of drug-likeness (QED) is 0.274. The Morgan fingerprint density at radius 1 is 1.41 bits per heavy atom. The van der Waals surface area contributed by atoms with Gasteiger partial charge in [0.25, 0.3) is 5.91 Å². The molecule has 1 atom stereocenters. The smallest absolute Gasteiger partial charge is 0.253 e. The molecule has 0 aromatic rings. The van der Waals surface area contributed by atoms with Gasteiger partial charge in [-0.2, -0.15) is 0 Å². The predicted octanol–water partition coefficient (Wildman–Crippen LogP) is 0.892. The van der Waals surface area contributed by atoms with Gasteiger partial charge in [-0.1, -0.05) is 19.8 Å². The number of nitrogens with two attached hydrogens (primary N) is 1. The molecular weight excluding hydrogens is 218 g/mol. The van der Waals surface area contributed by atoms with Crippen molar-refractivity contribution in [2.75, 3.05) is 20.3 Å². The fraction of sp³-hybridized carbons (Fsp3) is 0.917. The highest BCUT2D eigenvalue weighted by Gasteiger charge is 2.26. The van der Waals surface area contributed by atoms with E-state index in [0.29, 0.717) is 12.6 Å². The number of unbranched alkanes of at least 4 members (excludes halogenated alkanes) is 2. The Kier molecular flexibility index (Phi) is 9.03. The lowest BCUT2D eigenvalue weighted by Crippen LogP contribution is -2.53. The number of nitrogens with one attached hydrogen (secondary N) is 1. The molecule has 5 heteroatoms. The summed E-state index contributed by atoms with van der Waals surface area (Å²) in [7, 11) is 1.60. The Bertz CT molecular complexity index is 210. The van der Waals surface area contributed by atoms with Gasteiger partial charge in [0.05, 0.1) is 6.61 Å². The monoisotopic (exact) mass is 245 g/mol. The van der Waals surface area contributed by atoms with E-state index in [1.54, 1.807) is 7.11 Å². The summed E-state index contributed by atoms with van der Waals surface area (Å²) in [6, 6.07) is -0.00818. The molecule has 0 radical (unpaired) electrons. The number of ether oxygens (including phenoxy) is 1. The highest BCUT2D eigenvalue weighted by molar-refractivity contribution is 5.81. The Labute approximate surface area is 105 Å². The Morgan fingerprint density at radius 2 is 2.06 bits per heavy atom. The molecule has 0 bridgehead atoms. The van der Waals surface area contributed by atoms with Crippen molar-refractivity contribution in [2.45, 2.75) is 52.1 Å². The van der Waals surface area contributed by atoms with Crippen LogP contribution < -0.4 is 11.3 Å². The highest BCUT2D eigenvalue weighted by Crippen LogP contribution is 2.09. The summed E-state index contributed by atoms with van der Waals surface area (Å²) in [5.41, 5.74) is 2.22. The molecule has 0 aliphatic rings. The largest absolute Gasteiger partial charge is 0.383 e. The van der Waals surface area contributed by atoms with E-state index in [9.17, 15) is 4.79 Å². The minimum Gasteiger partial charge on any atom is -0.383 e. The topological polar surface area (TPSA) is 67.6 Å². The van der Waals surface area contributed by atoms with E-state index >= 15 is 0 Å². The first kappa shape index (κ1) is 16.4. The molecule has 0 aliphatic heterocycles. The molecule has 0 aromatic carbocycles. The number of amides is 1. The molecule has 0 saturated carbocycles. The van der Waals surface area contributed by atoms with Crippen LogP contribution in [0.3, 0.4) is 0 Å². The third-order valence-corrected chi connectivity index (χ3v) is 2.85. The second-order valence-electron chi connectivity index (χ2n) is 4.52. The molecule has 5 nitrogen and oxygen atoms in total. The van der Waals surface area contributed by atoms with Crippen LogP contribution in [0.2, 0.25) is 0 Å². The normalized spacial score (nSPS) is 13.1. The zero-order chi connectivity index (χ0) is 13.3. The zero-order valence-electron chi connectivity index (χ0n) is 11.5. The first-order valence-electron chi connectivity index (χ1n) is 6.33. The zero-order valence-corrected chi connectivity index (χ0v) is 11.5. The lowest BCUT2D eigenvalue weighted by atomic mass is 10.1. The van der Waals surface area contributed by atoms with E-state index in [-0.39, 0.29) is 11.9 Å². The molecule has 1 amide bonds. The van der Waals surface area contributed by atoms with E-state index in [1.807, 2.05) is 0 Å². The summed E-state index contributed by atoms with van der Waals surface area (Å²) in [5, 5.41) is 0. The molecule has 0 spiro atoms. The van der Waals surface area contributed by atoms with Crippen molar-refractivity contribution in [3.63, 3.8) is 0 Å². The molecule has 0 fully saturated rings. The average molecular weight is 245 g/mol. The summed E-state index contributed by atoms with van der Waals surface area (Å²) in [5.74, 6) is 5.03. The van der Waals surface area contributed by atoms with Gasteiger partial charge in [-0.25, -0.2) is 5.84 Å². The van der Waals surface area contributed by atoms with Crippen molar-refractivity contribution in [1.29, 1.82) is 0 Å². The maximum absolute atomic E-state index is 11.7. The van der Waals surface area contributed by atoms with Crippen LogP contribution >= 0.6 is 0 Å². The first-order valence-corrected chi connectivity index (χ1v) is 6.33. The van der Waals surface area contributed by atoms with Gasteiger partial charge in [-0.15, -0.1) is 0 Å². The highest BCUT2D eigenvalue weighted by atomic mass is 16.5. The number of nitrogens with zero attached hydrogens (tertiary/aromatic N) is 1. The summed E-state index contributed by atoms with van der Waals surface area (Å²) < 4.78 is 5.11. The Hall–Kier alpha value is -0.650. The van der Waals surface area contributed by atoms with Crippen LogP contribution in [0, 0.1) is 0 Å². The van der Waals surface area contributed by atoms with Crippen LogP contribution in [-0.2, 0) is 9.53 Å². The Balaban J connectivity index is 4.52. The van der Waals surface area contributed by atoms with E-state index in [4.69, 9.17) is 10.6 Å². The number of rotatable bonds is 9. The van der Waals surface area contributed by atoms with Crippen molar-refractivity contribution < 1.29 is 9.53 Å². The van der Waals surface area contributed by atoms with E-state index in [1.165, 1.54) is 12.8 Å². The second kappa shape index (κ2) is 9.39. The lowest BCUT2D eigenvalue weighted by molar-refractivity contribution is -0.129. The maximum atomic E-state index is 11.7. The van der Waals surface area contributed by atoms with Gasteiger partial charge in [0.1, 0.15) is 6.04 Å². The number of hydrogen-bond acceptors (Lipinski definition) is 4. The fourth-order valence-corrected chi connectivity index (χ4v) is 1.89. The number of carbonyl (C=O) groups excluding carboxylic acids is 1. The summed E-state index contributed by atoms with van der Waals surface area (Å²) >= 11 is 0. The standard InChI is InChI=1S/C12H27N3O2/c1-5-6-7-8-15(10(2)3)11(9-17-4)12(16)14-13/h10-11H,5-9,13H2,1-4H3,(H,14,16). The van der Waals surface area contributed by atoms with Crippen molar-refractivity contribution in [3.05, 3.63) is 0 Å². The third-order valence-electron chi connectivity index (χ3n) is 2.85. The lowest BCUT2D eigenvalue weighted by Gasteiger charge is -2.33. The minimum absolute atomic E-state index is 0.183. The maximum Gasteiger partial charge on any atom is 0.253 e. The fourth-order valence-electron chi connectivity index (χ4n) is 1.89. The predicted molar refractivity (Wildman–Crippen MR) is 69.4 cm³/mol. The van der Waals surface area contributed by atoms with Crippen LogP contribution in [0.4, 0.5) is 0 Å². The van der Waals surface area contributed by atoms with Crippen molar-refractivity contribution in [2.24, 2.45) is 5.84 Å². The molecule has 0 rings (SSSR count). The van der Waals surface area contributed by atoms with Crippen LogP contribution in [0.5, 0.6) is 0 Å². The van der Waals surface area contributed by atoms with Gasteiger partial charge < -0.3 is 4.74 Å². The molecule has 17 heavy (non-hydrogen) atoms. The van der Waals surface area contributed by atoms with Crippen molar-refractivity contribution in [3.8, 4) is 0 Å². The van der Waals surface area contributed by atoms with Crippen LogP contribution in [0.15, 0.2) is 0 Å². The van der Waals surface area contributed by atoms with Crippen molar-refractivity contribution in [1.82, 2.24) is 10.3 Å². The summed E-state index contributed by atoms with van der Waals surface area (Å²) in [6.45, 7) is 7.59. The van der Waals surface area contributed by atoms with Crippen LogP contribution in [0.1, 0.15) is 40.0 Å². The van der Waals surface area contributed by atoms with Crippen LogP contribution in [0.25, 0.3) is 0 Å². The number of methoxy groups -OCH3 is 1. The summed E-state index contributed by atoms with van der Waals surface area (Å²) in [6.07, 6.45) is 3.43. The van der Waals surface area contributed by atoms with Crippen molar-refractivity contribution >= 4 is 5.91 Å². The minimum atomic E-state index is -0.304. The van der Waals surface area contributed by atoms with Gasteiger partial charge >= 0.3 is 0 Å². The third kappa shape index (κ3) is 6.00. The second-order valence-corrected chi connectivity index (χ2v) is 4.52. The molecule has 0 heterocycles. The average Bonchev–Trinajstić information content (AvgIpc) is 2.31. The van der Waals surface area contributed by atoms with Gasteiger partial charge in [-0.05, 0) is 26.8 Å². The van der Waals surface area contributed by atoms with Gasteiger partial charge in [-0.3, -0.25) is 15.1 Å². The molecule has 102 valence electrons. The van der Waals surface area contributed by atoms with E-state index in [2.05, 4.69) is 31.1 Å². The van der Waals surface area contributed by atoms with Gasteiger partial charge in [0.2, 0.25) is 0 Å².